The van der Waals surface area contributed by atoms with Crippen molar-refractivity contribution in [2.45, 2.75) is 20.8 Å². The second-order valence-corrected chi connectivity index (χ2v) is 6.11. The van der Waals surface area contributed by atoms with Gasteiger partial charge >= 0.3 is 0 Å². The molecule has 0 saturated carbocycles. The van der Waals surface area contributed by atoms with Crippen molar-refractivity contribution < 1.29 is 0 Å². The number of aromatic nitrogens is 3. The Kier molecular flexibility index (Phi) is 4.62. The Balaban J connectivity index is 1.81. The van der Waals surface area contributed by atoms with Crippen molar-refractivity contribution in [1.29, 1.82) is 0 Å². The van der Waals surface area contributed by atoms with E-state index in [-0.39, 0.29) is 0 Å². The monoisotopic (exact) mass is 339 g/mol. The zero-order chi connectivity index (χ0) is 17.1. The number of hydrogen-bond donors (Lipinski definition) is 2. The molecule has 3 rings (SSSR count). The Morgan fingerprint density at radius 3 is 2.46 bits per heavy atom. The molecule has 0 amide bonds. The van der Waals surface area contributed by atoms with Crippen LogP contribution in [0.2, 0.25) is 5.02 Å². The highest BCUT2D eigenvalue weighted by Gasteiger charge is 2.05. The maximum absolute atomic E-state index is 6.04. The van der Waals surface area contributed by atoms with Crippen LogP contribution < -0.4 is 10.6 Å². The van der Waals surface area contributed by atoms with Gasteiger partial charge in [-0.3, -0.25) is 0 Å². The van der Waals surface area contributed by atoms with Gasteiger partial charge in [0.25, 0.3) is 0 Å². The summed E-state index contributed by atoms with van der Waals surface area (Å²) in [7, 11) is 0. The Hall–Kier alpha value is -2.66. The molecule has 3 aromatic rings. The molecule has 122 valence electrons. The van der Waals surface area contributed by atoms with Gasteiger partial charge in [-0.15, -0.1) is 5.10 Å². The van der Waals surface area contributed by atoms with Crippen molar-refractivity contribution in [3.8, 4) is 0 Å². The van der Waals surface area contributed by atoms with Gasteiger partial charge in [-0.05, 0) is 61.7 Å². The van der Waals surface area contributed by atoms with E-state index < -0.39 is 0 Å². The number of hydrogen-bond acceptors (Lipinski definition) is 5. The van der Waals surface area contributed by atoms with Crippen LogP contribution in [0.1, 0.15) is 16.7 Å². The number of benzene rings is 2. The summed E-state index contributed by atoms with van der Waals surface area (Å²) >= 11 is 6.04. The van der Waals surface area contributed by atoms with Crippen LogP contribution in [0.25, 0.3) is 0 Å². The van der Waals surface area contributed by atoms with Crippen LogP contribution in [0.5, 0.6) is 0 Å². The molecule has 0 atom stereocenters. The van der Waals surface area contributed by atoms with Crippen LogP contribution in [0.3, 0.4) is 0 Å². The van der Waals surface area contributed by atoms with Gasteiger partial charge in [0.1, 0.15) is 0 Å². The van der Waals surface area contributed by atoms with Crippen molar-refractivity contribution in [2.24, 2.45) is 0 Å². The maximum Gasteiger partial charge on any atom is 0.249 e. The number of aryl methyl sites for hydroxylation is 3. The zero-order valence-electron chi connectivity index (χ0n) is 13.8. The molecule has 0 aliphatic heterocycles. The molecule has 0 bridgehead atoms. The van der Waals surface area contributed by atoms with Crippen LogP contribution in [0.15, 0.2) is 42.6 Å². The van der Waals surface area contributed by atoms with Crippen molar-refractivity contribution in [3.63, 3.8) is 0 Å². The second kappa shape index (κ2) is 6.84. The Labute approximate surface area is 146 Å². The normalized spacial score (nSPS) is 10.5. The van der Waals surface area contributed by atoms with Gasteiger partial charge in [0.05, 0.1) is 6.20 Å². The fourth-order valence-corrected chi connectivity index (χ4v) is 2.41. The van der Waals surface area contributed by atoms with Gasteiger partial charge in [-0.1, -0.05) is 23.7 Å². The molecule has 2 aromatic carbocycles. The molecule has 6 heteroatoms. The average Bonchev–Trinajstić information content (AvgIpc) is 2.55. The summed E-state index contributed by atoms with van der Waals surface area (Å²) in [5, 5.41) is 15.1. The first kappa shape index (κ1) is 16.2. The predicted molar refractivity (Wildman–Crippen MR) is 98.5 cm³/mol. The molecular weight excluding hydrogens is 322 g/mol. The lowest BCUT2D eigenvalue weighted by atomic mass is 10.1. The summed E-state index contributed by atoms with van der Waals surface area (Å²) in [6.45, 7) is 6.15. The Morgan fingerprint density at radius 2 is 1.67 bits per heavy atom. The summed E-state index contributed by atoms with van der Waals surface area (Å²) in [5.74, 6) is 1.03. The fraction of sp³-hybridized carbons (Fsp3) is 0.167. The highest BCUT2D eigenvalue weighted by Crippen LogP contribution is 2.23. The third-order valence-corrected chi connectivity index (χ3v) is 4.02. The summed E-state index contributed by atoms with van der Waals surface area (Å²) in [6.07, 6.45) is 1.59. The van der Waals surface area contributed by atoms with E-state index in [1.54, 1.807) is 6.20 Å². The minimum Gasteiger partial charge on any atom is -0.339 e. The topological polar surface area (TPSA) is 62.7 Å². The van der Waals surface area contributed by atoms with Crippen LogP contribution in [0.4, 0.5) is 23.1 Å². The molecular formula is C18H18ClN5. The molecule has 0 unspecified atom stereocenters. The smallest absolute Gasteiger partial charge is 0.249 e. The van der Waals surface area contributed by atoms with Crippen LogP contribution in [0, 0.1) is 20.8 Å². The highest BCUT2D eigenvalue weighted by molar-refractivity contribution is 6.30. The van der Waals surface area contributed by atoms with E-state index in [9.17, 15) is 0 Å². The second-order valence-electron chi connectivity index (χ2n) is 5.67. The lowest BCUT2D eigenvalue weighted by molar-refractivity contribution is 0.981. The van der Waals surface area contributed by atoms with E-state index in [0.717, 1.165) is 16.9 Å². The summed E-state index contributed by atoms with van der Waals surface area (Å²) in [6, 6.07) is 11.8. The van der Waals surface area contributed by atoms with Crippen LogP contribution in [-0.4, -0.2) is 15.2 Å². The zero-order valence-corrected chi connectivity index (χ0v) is 14.5. The molecule has 0 aliphatic carbocycles. The Bertz CT molecular complexity index is 879. The number of nitrogens with zero attached hydrogens (tertiary/aromatic N) is 3. The lowest BCUT2D eigenvalue weighted by Gasteiger charge is -2.10. The fourth-order valence-electron chi connectivity index (χ4n) is 2.23. The Morgan fingerprint density at radius 1 is 0.875 bits per heavy atom. The standard InChI is InChI=1S/C18H18ClN5/c1-11-5-7-15(8-13(11)3)21-17-10-20-24-18(23-17)22-16-9-14(19)6-4-12(16)2/h4-10H,1-3H3,(H2,21,22,23,24). The first-order valence-electron chi connectivity index (χ1n) is 7.58. The summed E-state index contributed by atoms with van der Waals surface area (Å²) in [4.78, 5) is 4.45. The van der Waals surface area contributed by atoms with Crippen LogP contribution >= 0.6 is 11.6 Å². The molecule has 0 radical (unpaired) electrons. The van der Waals surface area contributed by atoms with E-state index in [4.69, 9.17) is 11.6 Å². The van der Waals surface area contributed by atoms with Crippen molar-refractivity contribution in [1.82, 2.24) is 15.2 Å². The predicted octanol–water partition coefficient (Wildman–Crippen LogP) is 4.94. The van der Waals surface area contributed by atoms with Gasteiger partial charge in [-0.2, -0.15) is 10.1 Å². The van der Waals surface area contributed by atoms with Gasteiger partial charge < -0.3 is 10.6 Å². The summed E-state index contributed by atoms with van der Waals surface area (Å²) in [5.41, 5.74) is 5.33. The lowest BCUT2D eigenvalue weighted by Crippen LogP contribution is -2.03. The van der Waals surface area contributed by atoms with Crippen molar-refractivity contribution >= 4 is 34.7 Å². The quantitative estimate of drug-likeness (QED) is 0.705. The molecule has 0 aliphatic rings. The molecule has 0 fully saturated rings. The van der Waals surface area contributed by atoms with E-state index in [1.165, 1.54) is 11.1 Å². The van der Waals surface area contributed by atoms with Gasteiger partial charge in [0, 0.05) is 16.4 Å². The van der Waals surface area contributed by atoms with E-state index in [2.05, 4.69) is 51.8 Å². The number of nitrogens with one attached hydrogen (secondary N) is 2. The highest BCUT2D eigenvalue weighted by atomic mass is 35.5. The third-order valence-electron chi connectivity index (χ3n) is 3.78. The van der Waals surface area contributed by atoms with Gasteiger partial charge in [0.2, 0.25) is 5.95 Å². The third kappa shape index (κ3) is 3.81. The van der Waals surface area contributed by atoms with Crippen molar-refractivity contribution in [3.05, 3.63) is 64.3 Å². The number of rotatable bonds is 4. The van der Waals surface area contributed by atoms with E-state index in [1.807, 2.05) is 31.2 Å². The molecule has 1 heterocycles. The summed E-state index contributed by atoms with van der Waals surface area (Å²) < 4.78 is 0. The average molecular weight is 340 g/mol. The number of halogens is 1. The first-order chi connectivity index (χ1) is 11.5. The van der Waals surface area contributed by atoms with Gasteiger partial charge in [0.15, 0.2) is 5.82 Å². The van der Waals surface area contributed by atoms with Gasteiger partial charge in [-0.25, -0.2) is 0 Å². The van der Waals surface area contributed by atoms with E-state index >= 15 is 0 Å². The number of anilines is 4. The molecule has 1 aromatic heterocycles. The molecule has 0 spiro atoms. The molecule has 2 N–H and O–H groups in total. The molecule has 24 heavy (non-hydrogen) atoms. The molecule has 5 nitrogen and oxygen atoms in total. The largest absolute Gasteiger partial charge is 0.339 e. The van der Waals surface area contributed by atoms with Crippen molar-refractivity contribution in [2.75, 3.05) is 10.6 Å². The minimum absolute atomic E-state index is 0.411. The van der Waals surface area contributed by atoms with Crippen LogP contribution in [-0.2, 0) is 0 Å². The van der Waals surface area contributed by atoms with E-state index in [0.29, 0.717) is 16.8 Å². The SMILES string of the molecule is Cc1ccc(Nc2cnnc(Nc3cc(Cl)ccc3C)n2)cc1C. The first-order valence-corrected chi connectivity index (χ1v) is 7.96. The molecule has 0 saturated heterocycles. The minimum atomic E-state index is 0.411. The maximum atomic E-state index is 6.04.